The lowest BCUT2D eigenvalue weighted by molar-refractivity contribution is -0.870. The number of rotatable bonds is 24. The molecule has 2 heteroatoms. The van der Waals surface area contributed by atoms with Crippen molar-refractivity contribution >= 4 is 5.78 Å². The maximum atomic E-state index is 11.9. The molecule has 0 rings (SSSR count). The fourth-order valence-electron chi connectivity index (χ4n) is 4.28. The standard InChI is InChI=1S/C28H58NO/c1-5-6-7-8-9-10-11-12-13-14-15-16-17-18-19-20-21-22-23-25-28(30)26-24-27-29(2,3)4/h5-27H2,1-4H3/q+1. The fourth-order valence-corrected chi connectivity index (χ4v) is 4.28. The summed E-state index contributed by atoms with van der Waals surface area (Å²) in [6.45, 7) is 3.40. The molecule has 0 radical (unpaired) electrons. The van der Waals surface area contributed by atoms with Crippen molar-refractivity contribution < 1.29 is 9.28 Å². The third-order valence-electron chi connectivity index (χ3n) is 6.34. The van der Waals surface area contributed by atoms with Gasteiger partial charge in [-0.2, -0.15) is 0 Å². The lowest BCUT2D eigenvalue weighted by atomic mass is 10.0. The molecule has 0 aliphatic carbocycles. The van der Waals surface area contributed by atoms with Crippen LogP contribution >= 0.6 is 0 Å². The second kappa shape index (κ2) is 21.8. The van der Waals surface area contributed by atoms with E-state index in [0.717, 1.165) is 36.7 Å². The van der Waals surface area contributed by atoms with Gasteiger partial charge in [0, 0.05) is 19.3 Å². The zero-order valence-electron chi connectivity index (χ0n) is 21.6. The molecular weight excluding hydrogens is 366 g/mol. The van der Waals surface area contributed by atoms with E-state index in [-0.39, 0.29) is 0 Å². The van der Waals surface area contributed by atoms with Gasteiger partial charge in [-0.05, 0) is 6.42 Å². The zero-order valence-corrected chi connectivity index (χ0v) is 21.6. The Morgan fingerprint density at radius 2 is 0.767 bits per heavy atom. The third kappa shape index (κ3) is 25.7. The number of ketones is 1. The number of carbonyl (C=O) groups excluding carboxylic acids is 1. The zero-order chi connectivity index (χ0) is 22.3. The maximum Gasteiger partial charge on any atom is 0.133 e. The van der Waals surface area contributed by atoms with Crippen LogP contribution in [-0.4, -0.2) is 38.0 Å². The van der Waals surface area contributed by atoms with Gasteiger partial charge < -0.3 is 4.48 Å². The number of quaternary nitrogens is 1. The van der Waals surface area contributed by atoms with Gasteiger partial charge in [0.05, 0.1) is 27.7 Å². The molecule has 0 fully saturated rings. The van der Waals surface area contributed by atoms with Crippen LogP contribution in [0.25, 0.3) is 0 Å². The first-order chi connectivity index (χ1) is 14.5. The molecule has 180 valence electrons. The van der Waals surface area contributed by atoms with Crippen LogP contribution in [-0.2, 0) is 4.79 Å². The number of hydrogen-bond acceptors (Lipinski definition) is 1. The molecular formula is C28H58NO+. The molecule has 30 heavy (non-hydrogen) atoms. The van der Waals surface area contributed by atoms with E-state index in [1.807, 2.05) is 0 Å². The van der Waals surface area contributed by atoms with Crippen LogP contribution in [0.3, 0.4) is 0 Å². The molecule has 0 bridgehead atoms. The number of hydrogen-bond donors (Lipinski definition) is 0. The van der Waals surface area contributed by atoms with Crippen LogP contribution in [0.15, 0.2) is 0 Å². The summed E-state index contributed by atoms with van der Waals surface area (Å²) in [5.74, 6) is 0.482. The highest BCUT2D eigenvalue weighted by Gasteiger charge is 2.08. The molecule has 0 amide bonds. The first-order valence-corrected chi connectivity index (χ1v) is 13.8. The van der Waals surface area contributed by atoms with E-state index in [0.29, 0.717) is 5.78 Å². The van der Waals surface area contributed by atoms with Crippen LogP contribution in [0, 0.1) is 0 Å². The van der Waals surface area contributed by atoms with E-state index >= 15 is 0 Å². The minimum Gasteiger partial charge on any atom is -0.331 e. The molecule has 0 N–H and O–H groups in total. The minimum atomic E-state index is 0.482. The summed E-state index contributed by atoms with van der Waals surface area (Å²) >= 11 is 0. The molecule has 0 aromatic rings. The van der Waals surface area contributed by atoms with Gasteiger partial charge in [-0.25, -0.2) is 0 Å². The Labute approximate surface area is 191 Å². The lowest BCUT2D eigenvalue weighted by Gasteiger charge is -2.23. The second-order valence-corrected chi connectivity index (χ2v) is 10.8. The predicted octanol–water partition coefficient (Wildman–Crippen LogP) is 8.86. The molecule has 2 nitrogen and oxygen atoms in total. The van der Waals surface area contributed by atoms with Gasteiger partial charge in [-0.15, -0.1) is 0 Å². The SMILES string of the molecule is CCCCCCCCCCCCCCCCCCCCCC(=O)CCC[N+](C)(C)C. The molecule has 0 aliphatic rings. The largest absolute Gasteiger partial charge is 0.331 e. The van der Waals surface area contributed by atoms with Crippen LogP contribution in [0.2, 0.25) is 0 Å². The molecule has 0 atom stereocenters. The van der Waals surface area contributed by atoms with Gasteiger partial charge in [0.1, 0.15) is 5.78 Å². The van der Waals surface area contributed by atoms with E-state index in [2.05, 4.69) is 28.1 Å². The molecule has 0 unspecified atom stereocenters. The van der Waals surface area contributed by atoms with E-state index in [1.54, 1.807) is 0 Å². The Hall–Kier alpha value is -0.370. The van der Waals surface area contributed by atoms with Gasteiger partial charge >= 0.3 is 0 Å². The van der Waals surface area contributed by atoms with Crippen molar-refractivity contribution in [3.63, 3.8) is 0 Å². The summed E-state index contributed by atoms with van der Waals surface area (Å²) in [6, 6.07) is 0. The summed E-state index contributed by atoms with van der Waals surface area (Å²) < 4.78 is 0.965. The molecule has 0 aromatic carbocycles. The molecule has 0 saturated heterocycles. The van der Waals surface area contributed by atoms with E-state index in [4.69, 9.17) is 0 Å². The molecule has 0 spiro atoms. The highest BCUT2D eigenvalue weighted by atomic mass is 16.1. The smallest absolute Gasteiger partial charge is 0.133 e. The van der Waals surface area contributed by atoms with Gasteiger partial charge in [-0.3, -0.25) is 4.79 Å². The number of nitrogens with zero attached hydrogens (tertiary/aromatic N) is 1. The van der Waals surface area contributed by atoms with Crippen molar-refractivity contribution in [2.24, 2.45) is 0 Å². The van der Waals surface area contributed by atoms with Gasteiger partial charge in [0.15, 0.2) is 0 Å². The van der Waals surface area contributed by atoms with Crippen molar-refractivity contribution in [1.29, 1.82) is 0 Å². The Bertz CT molecular complexity index is 358. The maximum absolute atomic E-state index is 11.9. The van der Waals surface area contributed by atoms with Crippen LogP contribution in [0.4, 0.5) is 0 Å². The first-order valence-electron chi connectivity index (χ1n) is 13.8. The van der Waals surface area contributed by atoms with Crippen molar-refractivity contribution in [3.8, 4) is 0 Å². The monoisotopic (exact) mass is 424 g/mol. The summed E-state index contributed by atoms with van der Waals surface area (Å²) in [7, 11) is 6.59. The Morgan fingerprint density at radius 3 is 1.10 bits per heavy atom. The van der Waals surface area contributed by atoms with Gasteiger partial charge in [0.25, 0.3) is 0 Å². The Kier molecular flexibility index (Phi) is 21.6. The second-order valence-electron chi connectivity index (χ2n) is 10.8. The summed E-state index contributed by atoms with van der Waals surface area (Å²) in [6.07, 6.45) is 29.3. The number of unbranched alkanes of at least 4 members (excludes halogenated alkanes) is 18. The molecule has 0 aromatic heterocycles. The number of carbonyl (C=O) groups is 1. The highest BCUT2D eigenvalue weighted by molar-refractivity contribution is 5.78. The summed E-state index contributed by atoms with van der Waals surface area (Å²) in [5.41, 5.74) is 0. The van der Waals surface area contributed by atoms with Crippen LogP contribution < -0.4 is 0 Å². The van der Waals surface area contributed by atoms with Crippen molar-refractivity contribution in [2.75, 3.05) is 27.7 Å². The summed E-state index contributed by atoms with van der Waals surface area (Å²) in [5, 5.41) is 0. The van der Waals surface area contributed by atoms with Gasteiger partial charge in [0.2, 0.25) is 0 Å². The normalized spacial score (nSPS) is 11.9. The van der Waals surface area contributed by atoms with Crippen LogP contribution in [0.5, 0.6) is 0 Å². The van der Waals surface area contributed by atoms with Crippen molar-refractivity contribution in [2.45, 2.75) is 148 Å². The lowest BCUT2D eigenvalue weighted by Crippen LogP contribution is -2.35. The fraction of sp³-hybridized carbons (Fsp3) is 0.964. The van der Waals surface area contributed by atoms with Crippen molar-refractivity contribution in [3.05, 3.63) is 0 Å². The quantitative estimate of drug-likeness (QED) is 0.112. The predicted molar refractivity (Wildman–Crippen MR) is 135 cm³/mol. The van der Waals surface area contributed by atoms with E-state index < -0.39 is 0 Å². The Morgan fingerprint density at radius 1 is 0.467 bits per heavy atom. The first kappa shape index (κ1) is 29.6. The topological polar surface area (TPSA) is 17.1 Å². The minimum absolute atomic E-state index is 0.482. The Balaban J connectivity index is 3.13. The molecule has 0 aliphatic heterocycles. The van der Waals surface area contributed by atoms with E-state index in [9.17, 15) is 4.79 Å². The van der Waals surface area contributed by atoms with Crippen molar-refractivity contribution in [1.82, 2.24) is 0 Å². The average Bonchev–Trinajstić information content (AvgIpc) is 2.68. The third-order valence-corrected chi connectivity index (χ3v) is 6.34. The van der Waals surface area contributed by atoms with Gasteiger partial charge in [-0.1, -0.05) is 122 Å². The molecule has 0 saturated carbocycles. The number of Topliss-reactive ketones (excluding diaryl/α,β-unsaturated/α-hetero) is 1. The highest BCUT2D eigenvalue weighted by Crippen LogP contribution is 2.15. The molecule has 0 heterocycles. The average molecular weight is 425 g/mol. The summed E-state index contributed by atoms with van der Waals surface area (Å²) in [4.78, 5) is 11.9. The van der Waals surface area contributed by atoms with E-state index in [1.165, 1.54) is 116 Å². The van der Waals surface area contributed by atoms with Crippen LogP contribution in [0.1, 0.15) is 148 Å².